The third-order valence-electron chi connectivity index (χ3n) is 11.8. The number of benzene rings is 2. The summed E-state index contributed by atoms with van der Waals surface area (Å²) in [6, 6.07) is 12.5. The van der Waals surface area contributed by atoms with Crippen LogP contribution in [0.4, 0.5) is 0 Å². The van der Waals surface area contributed by atoms with Crippen LogP contribution in [-0.2, 0) is 50.8 Å². The van der Waals surface area contributed by atoms with E-state index in [-0.39, 0.29) is 49.9 Å². The highest BCUT2D eigenvalue weighted by Crippen LogP contribution is 2.46. The van der Waals surface area contributed by atoms with Crippen molar-refractivity contribution in [2.75, 3.05) is 13.7 Å². The van der Waals surface area contributed by atoms with E-state index in [4.69, 9.17) is 35.0 Å². The Morgan fingerprint density at radius 2 is 1.51 bits per heavy atom. The van der Waals surface area contributed by atoms with Gasteiger partial charge in [0.2, 0.25) is 20.1 Å². The van der Waals surface area contributed by atoms with Crippen molar-refractivity contribution in [1.29, 1.82) is 0 Å². The normalized spacial score (nSPS) is 24.4. The third-order valence-corrected chi connectivity index (χ3v) is 18.1. The number of hydrogen-bond acceptors (Lipinski definition) is 9. The average Bonchev–Trinajstić information content (AvgIpc) is 3.96. The Labute approximate surface area is 357 Å². The molecule has 326 valence electrons. The van der Waals surface area contributed by atoms with Gasteiger partial charge in [0.15, 0.2) is 6.10 Å². The van der Waals surface area contributed by atoms with E-state index in [0.29, 0.717) is 39.6 Å². The van der Waals surface area contributed by atoms with Gasteiger partial charge in [0.05, 0.1) is 30.3 Å². The number of hydrogen-bond donors (Lipinski definition) is 2. The molecular formula is C46H67ClN2O9Si. The second-order valence-electron chi connectivity index (χ2n) is 18.2. The van der Waals surface area contributed by atoms with Gasteiger partial charge in [-0.2, -0.15) is 0 Å². The molecule has 11 nitrogen and oxygen atoms in total. The summed E-state index contributed by atoms with van der Waals surface area (Å²) in [4.78, 5) is 54.4. The highest BCUT2D eigenvalue weighted by atomic mass is 35.5. The Morgan fingerprint density at radius 3 is 2.08 bits per heavy atom. The summed E-state index contributed by atoms with van der Waals surface area (Å²) in [5, 5.41) is 5.96. The lowest BCUT2D eigenvalue weighted by molar-refractivity contribution is -0.179. The fourth-order valence-electron chi connectivity index (χ4n) is 8.33. The van der Waals surface area contributed by atoms with Crippen LogP contribution in [0.15, 0.2) is 54.6 Å². The van der Waals surface area contributed by atoms with E-state index in [1.54, 1.807) is 38.1 Å². The number of halogens is 1. The van der Waals surface area contributed by atoms with Gasteiger partial charge in [-0.15, -0.1) is 0 Å². The Balaban J connectivity index is 1.56. The highest BCUT2D eigenvalue weighted by molar-refractivity contribution is 6.77. The first kappa shape index (κ1) is 48.0. The number of carbonyl (C=O) groups is 4. The number of esters is 2. The van der Waals surface area contributed by atoms with Crippen LogP contribution in [0.3, 0.4) is 0 Å². The highest BCUT2D eigenvalue weighted by Gasteiger charge is 2.48. The minimum Gasteiger partial charge on any atom is -0.495 e. The molecule has 2 amide bonds. The van der Waals surface area contributed by atoms with E-state index in [9.17, 15) is 19.2 Å². The molecule has 0 saturated carbocycles. The molecule has 0 spiro atoms. The van der Waals surface area contributed by atoms with Gasteiger partial charge in [-0.3, -0.25) is 14.4 Å². The van der Waals surface area contributed by atoms with Crippen molar-refractivity contribution in [1.82, 2.24) is 10.6 Å². The van der Waals surface area contributed by atoms with Crippen molar-refractivity contribution in [3.05, 3.63) is 76.3 Å². The molecule has 59 heavy (non-hydrogen) atoms. The minimum absolute atomic E-state index is 0.00448. The van der Waals surface area contributed by atoms with Gasteiger partial charge >= 0.3 is 11.9 Å². The molecule has 2 heterocycles. The SMILES string of the molecule is COc1ccc(C[C@H]2NC(=O)/C=C/CC([C@H](C)C3OC3c3ccc(CO[Si](C(C)C)(C(C)C)C(C)C)cc3)OC(=O)[C@H](CC(C)C)OC(=O)C(C)(C)CNC2=O)cc1Cl. The van der Waals surface area contributed by atoms with Crippen LogP contribution >= 0.6 is 11.6 Å². The smallest absolute Gasteiger partial charge is 0.347 e. The molecule has 1 saturated heterocycles. The van der Waals surface area contributed by atoms with E-state index in [0.717, 1.165) is 11.1 Å². The maximum absolute atomic E-state index is 13.9. The number of rotatable bonds is 14. The largest absolute Gasteiger partial charge is 0.495 e. The summed E-state index contributed by atoms with van der Waals surface area (Å²) < 4.78 is 30.4. The van der Waals surface area contributed by atoms with Gasteiger partial charge in [-0.05, 0) is 77.7 Å². The molecule has 13 heteroatoms. The molecule has 2 aliphatic rings. The van der Waals surface area contributed by atoms with Crippen LogP contribution in [0, 0.1) is 17.3 Å². The fourth-order valence-corrected chi connectivity index (χ4v) is 14.0. The molecule has 2 N–H and O–H groups in total. The lowest BCUT2D eigenvalue weighted by Gasteiger charge is -2.42. The van der Waals surface area contributed by atoms with Crippen LogP contribution in [0.5, 0.6) is 5.75 Å². The van der Waals surface area contributed by atoms with Gasteiger partial charge < -0.3 is 34.0 Å². The first-order chi connectivity index (χ1) is 27.7. The maximum Gasteiger partial charge on any atom is 0.347 e. The van der Waals surface area contributed by atoms with Crippen molar-refractivity contribution < 1.29 is 42.6 Å². The van der Waals surface area contributed by atoms with E-state index in [1.807, 2.05) is 20.8 Å². The lowest BCUT2D eigenvalue weighted by Crippen LogP contribution is -2.51. The van der Waals surface area contributed by atoms with Gasteiger partial charge in [0, 0.05) is 25.3 Å². The zero-order valence-electron chi connectivity index (χ0n) is 37.1. The van der Waals surface area contributed by atoms with Crippen molar-refractivity contribution in [2.45, 2.75) is 149 Å². The fraction of sp³-hybridized carbons (Fsp3) is 0.609. The second kappa shape index (κ2) is 20.7. The number of ether oxygens (including phenoxy) is 4. The summed E-state index contributed by atoms with van der Waals surface area (Å²) in [5.41, 5.74) is 3.06. The summed E-state index contributed by atoms with van der Waals surface area (Å²) in [6.45, 7) is 23.2. The molecule has 3 unspecified atom stereocenters. The summed E-state index contributed by atoms with van der Waals surface area (Å²) in [7, 11) is -0.512. The zero-order chi connectivity index (χ0) is 43.8. The van der Waals surface area contributed by atoms with Gasteiger partial charge in [-0.25, -0.2) is 4.79 Å². The van der Waals surface area contributed by atoms with E-state index in [1.165, 1.54) is 13.2 Å². The Bertz CT molecular complexity index is 1770. The molecule has 1 fully saturated rings. The van der Waals surface area contributed by atoms with Crippen LogP contribution in [-0.4, -0.2) is 70.1 Å². The monoisotopic (exact) mass is 854 g/mol. The van der Waals surface area contributed by atoms with Crippen molar-refractivity contribution in [2.24, 2.45) is 17.3 Å². The zero-order valence-corrected chi connectivity index (χ0v) is 38.8. The number of epoxide rings is 1. The molecular weight excluding hydrogens is 788 g/mol. The number of nitrogens with one attached hydrogen (secondary N) is 2. The maximum atomic E-state index is 13.9. The second-order valence-corrected chi connectivity index (χ2v) is 24.1. The van der Waals surface area contributed by atoms with E-state index >= 15 is 0 Å². The van der Waals surface area contributed by atoms with E-state index < -0.39 is 55.7 Å². The Morgan fingerprint density at radius 1 is 0.881 bits per heavy atom. The molecule has 2 aliphatic heterocycles. The summed E-state index contributed by atoms with van der Waals surface area (Å²) in [5.74, 6) is -2.14. The van der Waals surface area contributed by atoms with Crippen LogP contribution in [0.2, 0.25) is 21.6 Å². The molecule has 0 radical (unpaired) electrons. The molecule has 4 rings (SSSR count). The van der Waals surface area contributed by atoms with Crippen molar-refractivity contribution in [3.8, 4) is 5.75 Å². The standard InChI is InChI=1S/C46H67ClN2O9Si/c1-27(2)22-39-44(52)56-37(31(9)41-42(58-41)34-19-16-32(17-20-34)25-55-59(28(3)4,29(5)6)30(7)8)14-13-15-40(50)49-36(24-33-18-21-38(54-12)35(47)23-33)43(51)48-26-46(10,11)45(53)57-39/h13,15-21,23,27-31,36-37,39,41-42H,14,22,24-26H2,1-12H3,(H,48,51)(H,49,50)/b15-13+/t31-,36+,37?,39-,41?,42?/m0/s1. The molecule has 0 bridgehead atoms. The quantitative estimate of drug-likeness (QED) is 0.108. The molecule has 0 aliphatic carbocycles. The van der Waals surface area contributed by atoms with Crippen molar-refractivity contribution >= 4 is 43.7 Å². The predicted molar refractivity (Wildman–Crippen MR) is 232 cm³/mol. The first-order valence-electron chi connectivity index (χ1n) is 21.1. The molecule has 0 aromatic heterocycles. The number of cyclic esters (lactones) is 2. The third kappa shape index (κ3) is 12.4. The number of carbonyl (C=O) groups excluding carboxylic acids is 4. The topological polar surface area (TPSA) is 142 Å². The van der Waals surface area contributed by atoms with Crippen LogP contribution in [0.1, 0.15) is 112 Å². The minimum atomic E-state index is -2.02. The molecule has 6 atom stereocenters. The summed E-state index contributed by atoms with van der Waals surface area (Å²) >= 11 is 6.37. The van der Waals surface area contributed by atoms with Crippen LogP contribution < -0.4 is 15.4 Å². The first-order valence-corrected chi connectivity index (χ1v) is 23.6. The predicted octanol–water partition coefficient (Wildman–Crippen LogP) is 8.82. The number of amides is 2. The van der Waals surface area contributed by atoms with E-state index in [2.05, 4.69) is 76.4 Å². The molecule has 2 aromatic rings. The van der Waals surface area contributed by atoms with Crippen LogP contribution in [0.25, 0.3) is 0 Å². The average molecular weight is 856 g/mol. The number of methoxy groups -OCH3 is 1. The molecule has 2 aromatic carbocycles. The summed E-state index contributed by atoms with van der Waals surface area (Å²) in [6.07, 6.45) is 1.15. The Hall–Kier alpha value is -3.71. The lowest BCUT2D eigenvalue weighted by atomic mass is 9.92. The van der Waals surface area contributed by atoms with Gasteiger partial charge in [-0.1, -0.05) is 110 Å². The Kier molecular flexibility index (Phi) is 16.8. The van der Waals surface area contributed by atoms with Gasteiger partial charge in [0.25, 0.3) is 0 Å². The van der Waals surface area contributed by atoms with Crippen molar-refractivity contribution in [3.63, 3.8) is 0 Å². The van der Waals surface area contributed by atoms with Gasteiger partial charge in [0.1, 0.15) is 24.0 Å².